The lowest BCUT2D eigenvalue weighted by Crippen LogP contribution is -2.72. The predicted octanol–water partition coefficient (Wildman–Crippen LogP) is 4.31. The number of fused-ring (bicyclic) bond motifs is 2. The first-order chi connectivity index (χ1) is 13.8. The van der Waals surface area contributed by atoms with Gasteiger partial charge >= 0.3 is 0 Å². The highest BCUT2D eigenvalue weighted by Gasteiger charge is 2.48. The molecule has 3 nitrogen and oxygen atoms in total. The molecule has 0 spiro atoms. The Morgan fingerprint density at radius 2 is 1.46 bits per heavy atom. The standard InChI is InChI=1S/C25H28N2O/c28-25(21-8-4-5-9-21)27-16-22-24(23(17-27)26-22)20-14-12-19(13-15-20)11-10-18-6-2-1-3-7-18/h1-3,6-7,10-15,21-24,26H,4-5,8-9,16-17H2/b11-10+/t22-,23+,24?. The third kappa shape index (κ3) is 3.40. The van der Waals surface area contributed by atoms with Crippen molar-refractivity contribution in [3.8, 4) is 0 Å². The van der Waals surface area contributed by atoms with Crippen molar-refractivity contribution in [3.05, 3.63) is 71.3 Å². The molecule has 3 heteroatoms. The number of nitrogens with zero attached hydrogens (tertiary/aromatic N) is 1. The Morgan fingerprint density at radius 3 is 2.11 bits per heavy atom. The van der Waals surface area contributed by atoms with Crippen molar-refractivity contribution >= 4 is 18.1 Å². The number of hydrogen-bond acceptors (Lipinski definition) is 2. The molecule has 3 heterocycles. The van der Waals surface area contributed by atoms with Crippen LogP contribution in [0.15, 0.2) is 54.6 Å². The number of benzene rings is 2. The molecule has 4 fully saturated rings. The van der Waals surface area contributed by atoms with Crippen molar-refractivity contribution in [2.24, 2.45) is 5.92 Å². The molecule has 1 N–H and O–H groups in total. The van der Waals surface area contributed by atoms with Gasteiger partial charge in [-0.15, -0.1) is 0 Å². The Morgan fingerprint density at radius 1 is 0.857 bits per heavy atom. The molecule has 3 atom stereocenters. The van der Waals surface area contributed by atoms with E-state index < -0.39 is 0 Å². The zero-order valence-electron chi connectivity index (χ0n) is 16.3. The summed E-state index contributed by atoms with van der Waals surface area (Å²) in [5.74, 6) is 1.25. The quantitative estimate of drug-likeness (QED) is 0.811. The Hall–Kier alpha value is -2.39. The molecule has 2 bridgehead atoms. The van der Waals surface area contributed by atoms with Crippen LogP contribution >= 0.6 is 0 Å². The van der Waals surface area contributed by atoms with Gasteiger partial charge in [-0.3, -0.25) is 4.79 Å². The lowest BCUT2D eigenvalue weighted by molar-refractivity contribution is -0.140. The maximum atomic E-state index is 12.7. The molecule has 1 amide bonds. The second-order valence-corrected chi connectivity index (χ2v) is 8.54. The number of piperidine rings is 1. The van der Waals surface area contributed by atoms with Crippen LogP contribution in [0.25, 0.3) is 12.2 Å². The number of hydrogen-bond donors (Lipinski definition) is 1. The molecule has 4 aliphatic rings. The average molecular weight is 373 g/mol. The predicted molar refractivity (Wildman–Crippen MR) is 114 cm³/mol. The second-order valence-electron chi connectivity index (χ2n) is 8.54. The molecule has 1 aliphatic carbocycles. The first-order valence-corrected chi connectivity index (χ1v) is 10.7. The number of amides is 1. The Kier molecular flexibility index (Phi) is 4.77. The van der Waals surface area contributed by atoms with Crippen molar-refractivity contribution in [1.82, 2.24) is 10.2 Å². The molecule has 28 heavy (non-hydrogen) atoms. The first-order valence-electron chi connectivity index (χ1n) is 10.7. The van der Waals surface area contributed by atoms with Crippen LogP contribution in [-0.2, 0) is 4.79 Å². The van der Waals surface area contributed by atoms with Gasteiger partial charge in [0.25, 0.3) is 0 Å². The molecule has 1 saturated carbocycles. The van der Waals surface area contributed by atoms with Gasteiger partial charge < -0.3 is 10.2 Å². The van der Waals surface area contributed by atoms with E-state index in [9.17, 15) is 4.79 Å². The molecule has 0 aromatic heterocycles. The van der Waals surface area contributed by atoms with Gasteiger partial charge in [-0.25, -0.2) is 0 Å². The third-order valence-corrected chi connectivity index (χ3v) is 6.73. The van der Waals surface area contributed by atoms with Crippen LogP contribution in [0.5, 0.6) is 0 Å². The monoisotopic (exact) mass is 372 g/mol. The fourth-order valence-electron chi connectivity index (χ4n) is 5.19. The van der Waals surface area contributed by atoms with E-state index in [1.54, 1.807) is 0 Å². The van der Waals surface area contributed by atoms with Crippen LogP contribution in [0.4, 0.5) is 0 Å². The van der Waals surface area contributed by atoms with E-state index in [4.69, 9.17) is 0 Å². The first kappa shape index (κ1) is 17.7. The Bertz CT molecular complexity index is 840. The van der Waals surface area contributed by atoms with E-state index in [1.807, 2.05) is 6.07 Å². The molecule has 3 aliphatic heterocycles. The molecule has 3 saturated heterocycles. The zero-order chi connectivity index (χ0) is 18.9. The van der Waals surface area contributed by atoms with E-state index in [2.05, 4.69) is 70.9 Å². The summed E-state index contributed by atoms with van der Waals surface area (Å²) < 4.78 is 0. The molecule has 1 unspecified atom stereocenters. The van der Waals surface area contributed by atoms with Crippen LogP contribution in [0.1, 0.15) is 48.3 Å². The molecule has 2 aromatic carbocycles. The summed E-state index contributed by atoms with van der Waals surface area (Å²) in [7, 11) is 0. The van der Waals surface area contributed by atoms with E-state index in [1.165, 1.54) is 29.5 Å². The maximum Gasteiger partial charge on any atom is 0.225 e. The summed E-state index contributed by atoms with van der Waals surface area (Å²) in [6, 6.07) is 20.2. The Balaban J connectivity index is 1.22. The van der Waals surface area contributed by atoms with Crippen LogP contribution in [0.3, 0.4) is 0 Å². The number of carbonyl (C=O) groups is 1. The van der Waals surface area contributed by atoms with Crippen LogP contribution < -0.4 is 5.32 Å². The van der Waals surface area contributed by atoms with Crippen molar-refractivity contribution in [3.63, 3.8) is 0 Å². The summed E-state index contributed by atoms with van der Waals surface area (Å²) in [5, 5.41) is 3.66. The van der Waals surface area contributed by atoms with Gasteiger partial charge in [0, 0.05) is 37.0 Å². The van der Waals surface area contributed by atoms with E-state index in [0.717, 1.165) is 25.9 Å². The minimum absolute atomic E-state index is 0.298. The van der Waals surface area contributed by atoms with Gasteiger partial charge in [-0.1, -0.05) is 79.6 Å². The van der Waals surface area contributed by atoms with Crippen LogP contribution in [0, 0.1) is 5.92 Å². The number of nitrogens with one attached hydrogen (secondary N) is 1. The number of rotatable bonds is 4. The molecule has 0 radical (unpaired) electrons. The summed E-state index contributed by atoms with van der Waals surface area (Å²) >= 11 is 0. The SMILES string of the molecule is O=C(C1CCCC1)N1C[C@@H]2N[C@H](C1)C2c1ccc(/C=C/c2ccccc2)cc1. The third-order valence-electron chi connectivity index (χ3n) is 6.73. The molecular formula is C25H28N2O. The highest BCUT2D eigenvalue weighted by Crippen LogP contribution is 2.38. The smallest absolute Gasteiger partial charge is 0.225 e. The second kappa shape index (κ2) is 7.56. The van der Waals surface area contributed by atoms with Gasteiger partial charge in [-0.05, 0) is 29.5 Å². The summed E-state index contributed by atoms with van der Waals surface area (Å²) in [4.78, 5) is 14.9. The van der Waals surface area contributed by atoms with Crippen LogP contribution in [-0.4, -0.2) is 36.0 Å². The van der Waals surface area contributed by atoms with E-state index in [0.29, 0.717) is 29.8 Å². The maximum absolute atomic E-state index is 12.7. The number of carbonyl (C=O) groups excluding carboxylic acids is 1. The highest BCUT2D eigenvalue weighted by atomic mass is 16.2. The van der Waals surface area contributed by atoms with Crippen molar-refractivity contribution in [2.45, 2.75) is 43.7 Å². The van der Waals surface area contributed by atoms with E-state index in [-0.39, 0.29) is 0 Å². The molecular weight excluding hydrogens is 344 g/mol. The van der Waals surface area contributed by atoms with Gasteiger partial charge in [0.05, 0.1) is 0 Å². The fourth-order valence-corrected chi connectivity index (χ4v) is 5.19. The van der Waals surface area contributed by atoms with Gasteiger partial charge in [0.1, 0.15) is 0 Å². The van der Waals surface area contributed by atoms with Gasteiger partial charge in [0.2, 0.25) is 5.91 Å². The van der Waals surface area contributed by atoms with Crippen LogP contribution in [0.2, 0.25) is 0 Å². The summed E-state index contributed by atoms with van der Waals surface area (Å²) in [6.45, 7) is 1.73. The summed E-state index contributed by atoms with van der Waals surface area (Å²) in [5.41, 5.74) is 3.85. The topological polar surface area (TPSA) is 32.3 Å². The van der Waals surface area contributed by atoms with E-state index >= 15 is 0 Å². The Labute approximate surface area is 167 Å². The van der Waals surface area contributed by atoms with Crippen molar-refractivity contribution in [2.75, 3.05) is 13.1 Å². The molecule has 2 aromatic rings. The number of piperazine rings is 1. The molecule has 6 rings (SSSR count). The zero-order valence-corrected chi connectivity index (χ0v) is 16.3. The normalized spacial score (nSPS) is 27.1. The van der Waals surface area contributed by atoms with Crippen molar-refractivity contribution in [1.29, 1.82) is 0 Å². The highest BCUT2D eigenvalue weighted by molar-refractivity contribution is 5.79. The summed E-state index contributed by atoms with van der Waals surface area (Å²) in [6.07, 6.45) is 8.97. The lowest BCUT2D eigenvalue weighted by Gasteiger charge is -2.55. The van der Waals surface area contributed by atoms with Gasteiger partial charge in [-0.2, -0.15) is 0 Å². The lowest BCUT2D eigenvalue weighted by atomic mass is 9.74. The average Bonchev–Trinajstić information content (AvgIpc) is 3.28. The minimum atomic E-state index is 0.298. The fraction of sp³-hybridized carbons (Fsp3) is 0.400. The van der Waals surface area contributed by atoms with Crippen molar-refractivity contribution < 1.29 is 4.79 Å². The van der Waals surface area contributed by atoms with Gasteiger partial charge in [0.15, 0.2) is 0 Å². The largest absolute Gasteiger partial charge is 0.339 e. The minimum Gasteiger partial charge on any atom is -0.339 e. The molecule has 144 valence electrons.